The fourth-order valence-electron chi connectivity index (χ4n) is 3.15. The van der Waals surface area contributed by atoms with Crippen molar-refractivity contribution >= 4 is 5.91 Å². The molecule has 0 spiro atoms. The quantitative estimate of drug-likeness (QED) is 0.681. The first-order chi connectivity index (χ1) is 12.3. The molecule has 0 bridgehead atoms. The van der Waals surface area contributed by atoms with E-state index in [-0.39, 0.29) is 11.8 Å². The van der Waals surface area contributed by atoms with Crippen LogP contribution in [0.15, 0.2) is 84.9 Å². The lowest BCUT2D eigenvalue weighted by molar-refractivity contribution is 0.0952. The van der Waals surface area contributed by atoms with Crippen LogP contribution in [0.2, 0.25) is 0 Å². The van der Waals surface area contributed by atoms with Crippen molar-refractivity contribution in [1.29, 1.82) is 0 Å². The van der Waals surface area contributed by atoms with Crippen LogP contribution in [0.3, 0.4) is 0 Å². The van der Waals surface area contributed by atoms with Crippen molar-refractivity contribution in [3.05, 3.63) is 107 Å². The van der Waals surface area contributed by atoms with E-state index in [1.165, 1.54) is 11.1 Å². The molecule has 1 N–H and O–H groups in total. The summed E-state index contributed by atoms with van der Waals surface area (Å²) >= 11 is 0. The van der Waals surface area contributed by atoms with E-state index < -0.39 is 0 Å². The van der Waals surface area contributed by atoms with Crippen LogP contribution in [0.25, 0.3) is 0 Å². The maximum atomic E-state index is 12.4. The van der Waals surface area contributed by atoms with Gasteiger partial charge in [0.05, 0.1) is 0 Å². The van der Waals surface area contributed by atoms with Gasteiger partial charge in [0.25, 0.3) is 5.91 Å². The number of amides is 1. The second kappa shape index (κ2) is 8.29. The number of hydrogen-bond acceptors (Lipinski definition) is 1. The Labute approximate surface area is 149 Å². The van der Waals surface area contributed by atoms with Crippen molar-refractivity contribution in [2.24, 2.45) is 0 Å². The number of benzene rings is 3. The van der Waals surface area contributed by atoms with E-state index in [0.717, 1.165) is 17.5 Å². The van der Waals surface area contributed by atoms with Gasteiger partial charge in [-0.2, -0.15) is 0 Å². The molecule has 3 rings (SSSR count). The van der Waals surface area contributed by atoms with E-state index in [9.17, 15) is 4.79 Å². The summed E-state index contributed by atoms with van der Waals surface area (Å²) in [4.78, 5) is 12.4. The van der Waals surface area contributed by atoms with Gasteiger partial charge in [-0.1, -0.05) is 78.9 Å². The van der Waals surface area contributed by atoms with Gasteiger partial charge in [-0.3, -0.25) is 4.79 Å². The summed E-state index contributed by atoms with van der Waals surface area (Å²) in [6.07, 6.45) is 0.867. The number of nitrogens with one attached hydrogen (secondary N) is 1. The van der Waals surface area contributed by atoms with Crippen molar-refractivity contribution in [3.63, 3.8) is 0 Å². The molecule has 0 fully saturated rings. The minimum atomic E-state index is -0.00188. The van der Waals surface area contributed by atoms with Gasteiger partial charge in [-0.05, 0) is 36.1 Å². The van der Waals surface area contributed by atoms with Crippen molar-refractivity contribution in [2.75, 3.05) is 6.54 Å². The van der Waals surface area contributed by atoms with Crippen LogP contribution in [0.4, 0.5) is 0 Å². The normalized spacial score (nSPS) is 10.6. The molecule has 0 aromatic heterocycles. The van der Waals surface area contributed by atoms with Crippen molar-refractivity contribution in [1.82, 2.24) is 5.32 Å². The van der Waals surface area contributed by atoms with Crippen LogP contribution in [0.5, 0.6) is 0 Å². The molecule has 0 saturated carbocycles. The molecule has 3 aromatic rings. The predicted octanol–water partition coefficient (Wildman–Crippen LogP) is 4.95. The SMILES string of the molecule is Cc1ccccc1C(=O)NCCC(c1ccccc1)c1ccccc1. The second-order valence-corrected chi connectivity index (χ2v) is 6.23. The molecule has 0 unspecified atom stereocenters. The number of hydrogen-bond donors (Lipinski definition) is 1. The summed E-state index contributed by atoms with van der Waals surface area (Å²) < 4.78 is 0. The molecule has 0 aliphatic rings. The molecule has 2 nitrogen and oxygen atoms in total. The molecule has 0 aliphatic heterocycles. The summed E-state index contributed by atoms with van der Waals surface area (Å²) in [5.41, 5.74) is 4.30. The molecule has 0 aliphatic carbocycles. The average molecular weight is 329 g/mol. The average Bonchev–Trinajstić information content (AvgIpc) is 2.67. The highest BCUT2D eigenvalue weighted by Crippen LogP contribution is 2.27. The first kappa shape index (κ1) is 17.0. The van der Waals surface area contributed by atoms with Crippen LogP contribution in [-0.2, 0) is 0 Å². The lowest BCUT2D eigenvalue weighted by atomic mass is 9.88. The minimum absolute atomic E-state index is 0.00188. The fourth-order valence-corrected chi connectivity index (χ4v) is 3.15. The third kappa shape index (κ3) is 4.36. The Bertz CT molecular complexity index is 772. The molecule has 2 heteroatoms. The Morgan fingerprint density at radius 3 is 1.88 bits per heavy atom. The topological polar surface area (TPSA) is 29.1 Å². The van der Waals surface area contributed by atoms with Crippen LogP contribution in [0, 0.1) is 6.92 Å². The van der Waals surface area contributed by atoms with E-state index in [1.54, 1.807) is 0 Å². The third-order valence-corrected chi connectivity index (χ3v) is 4.51. The van der Waals surface area contributed by atoms with Gasteiger partial charge < -0.3 is 5.32 Å². The first-order valence-corrected chi connectivity index (χ1v) is 8.69. The van der Waals surface area contributed by atoms with E-state index in [4.69, 9.17) is 0 Å². The van der Waals surface area contributed by atoms with Gasteiger partial charge in [0.2, 0.25) is 0 Å². The van der Waals surface area contributed by atoms with Gasteiger partial charge in [-0.15, -0.1) is 0 Å². The summed E-state index contributed by atoms with van der Waals surface area (Å²) in [5, 5.41) is 3.07. The van der Waals surface area contributed by atoms with Gasteiger partial charge in [0.1, 0.15) is 0 Å². The Hall–Kier alpha value is -2.87. The molecule has 3 aromatic carbocycles. The van der Waals surface area contributed by atoms with Crippen LogP contribution >= 0.6 is 0 Å². The highest BCUT2D eigenvalue weighted by Gasteiger charge is 2.14. The number of rotatable bonds is 6. The Balaban J connectivity index is 1.70. The zero-order valence-electron chi connectivity index (χ0n) is 14.5. The fraction of sp³-hybridized carbons (Fsp3) is 0.174. The maximum absolute atomic E-state index is 12.4. The van der Waals surface area contributed by atoms with Gasteiger partial charge in [0.15, 0.2) is 0 Å². The first-order valence-electron chi connectivity index (χ1n) is 8.69. The zero-order chi connectivity index (χ0) is 17.5. The molecule has 25 heavy (non-hydrogen) atoms. The highest BCUT2D eigenvalue weighted by atomic mass is 16.1. The largest absolute Gasteiger partial charge is 0.352 e. The summed E-state index contributed by atoms with van der Waals surface area (Å²) in [6, 6.07) is 28.6. The molecular formula is C23H23NO. The standard InChI is InChI=1S/C23H23NO/c1-18-10-8-9-15-21(18)23(25)24-17-16-22(19-11-4-2-5-12-19)20-13-6-3-7-14-20/h2-15,22H,16-17H2,1H3,(H,24,25). The van der Waals surface area contributed by atoms with Crippen molar-refractivity contribution in [3.8, 4) is 0 Å². The summed E-state index contributed by atoms with van der Waals surface area (Å²) in [7, 11) is 0. The number of carbonyl (C=O) groups is 1. The van der Waals surface area contributed by atoms with Crippen molar-refractivity contribution < 1.29 is 4.79 Å². The molecule has 0 heterocycles. The van der Waals surface area contributed by atoms with E-state index in [0.29, 0.717) is 6.54 Å². The Morgan fingerprint density at radius 2 is 1.32 bits per heavy atom. The lowest BCUT2D eigenvalue weighted by Gasteiger charge is -2.18. The highest BCUT2D eigenvalue weighted by molar-refractivity contribution is 5.95. The molecule has 0 radical (unpaired) electrons. The van der Waals surface area contributed by atoms with Gasteiger partial charge >= 0.3 is 0 Å². The molecular weight excluding hydrogens is 306 g/mol. The summed E-state index contributed by atoms with van der Waals surface area (Å²) in [6.45, 7) is 2.60. The molecule has 126 valence electrons. The van der Waals surface area contributed by atoms with E-state index in [1.807, 2.05) is 43.3 Å². The van der Waals surface area contributed by atoms with E-state index in [2.05, 4.69) is 53.8 Å². The maximum Gasteiger partial charge on any atom is 0.251 e. The molecule has 0 saturated heterocycles. The van der Waals surface area contributed by atoms with Crippen LogP contribution in [-0.4, -0.2) is 12.5 Å². The molecule has 0 atom stereocenters. The van der Waals surface area contributed by atoms with Crippen molar-refractivity contribution in [2.45, 2.75) is 19.3 Å². The number of aryl methyl sites for hydroxylation is 1. The van der Waals surface area contributed by atoms with Gasteiger partial charge in [0, 0.05) is 18.0 Å². The Morgan fingerprint density at radius 1 is 0.800 bits per heavy atom. The second-order valence-electron chi connectivity index (χ2n) is 6.23. The minimum Gasteiger partial charge on any atom is -0.352 e. The Kier molecular flexibility index (Phi) is 5.63. The zero-order valence-corrected chi connectivity index (χ0v) is 14.5. The van der Waals surface area contributed by atoms with E-state index >= 15 is 0 Å². The third-order valence-electron chi connectivity index (χ3n) is 4.51. The molecule has 1 amide bonds. The predicted molar refractivity (Wildman–Crippen MR) is 103 cm³/mol. The monoisotopic (exact) mass is 329 g/mol. The van der Waals surface area contributed by atoms with Crippen LogP contribution < -0.4 is 5.32 Å². The summed E-state index contributed by atoms with van der Waals surface area (Å²) in [5.74, 6) is 0.276. The van der Waals surface area contributed by atoms with Gasteiger partial charge in [-0.25, -0.2) is 0 Å². The smallest absolute Gasteiger partial charge is 0.251 e. The number of carbonyl (C=O) groups excluding carboxylic acids is 1. The van der Waals surface area contributed by atoms with Crippen LogP contribution in [0.1, 0.15) is 39.4 Å². The lowest BCUT2D eigenvalue weighted by Crippen LogP contribution is -2.26.